The fraction of sp³-hybridized carbons (Fsp3) is 0.476. The van der Waals surface area contributed by atoms with Crippen molar-refractivity contribution >= 4 is 5.91 Å². The highest BCUT2D eigenvalue weighted by molar-refractivity contribution is 5.76. The van der Waals surface area contributed by atoms with Crippen LogP contribution in [0.3, 0.4) is 0 Å². The molecule has 0 radical (unpaired) electrons. The number of hydrogen-bond acceptors (Lipinski definition) is 4. The number of benzene rings is 1. The van der Waals surface area contributed by atoms with Gasteiger partial charge in [0.25, 0.3) is 5.56 Å². The molecule has 150 valence electrons. The van der Waals surface area contributed by atoms with E-state index in [1.807, 2.05) is 11.0 Å². The Morgan fingerprint density at radius 3 is 2.57 bits per heavy atom. The summed E-state index contributed by atoms with van der Waals surface area (Å²) in [5.41, 5.74) is 0.532. The molecule has 0 bridgehead atoms. The predicted octanol–water partition coefficient (Wildman–Crippen LogP) is 0.714. The van der Waals surface area contributed by atoms with Crippen LogP contribution < -0.4 is 11.2 Å². The molecule has 3 rings (SSSR count). The molecular weight excluding hydrogens is 356 g/mol. The van der Waals surface area contributed by atoms with E-state index in [2.05, 4.69) is 29.2 Å². The molecule has 28 heavy (non-hydrogen) atoms. The van der Waals surface area contributed by atoms with Gasteiger partial charge < -0.3 is 9.80 Å². The summed E-state index contributed by atoms with van der Waals surface area (Å²) in [6, 6.07) is 11.8. The van der Waals surface area contributed by atoms with Crippen LogP contribution in [-0.2, 0) is 24.8 Å². The van der Waals surface area contributed by atoms with Gasteiger partial charge in [0.05, 0.1) is 0 Å². The van der Waals surface area contributed by atoms with Gasteiger partial charge >= 0.3 is 5.69 Å². The van der Waals surface area contributed by atoms with E-state index in [-0.39, 0.29) is 18.0 Å². The Balaban J connectivity index is 1.49. The molecule has 0 spiro atoms. The first-order chi connectivity index (χ1) is 13.5. The fourth-order valence-electron chi connectivity index (χ4n) is 3.58. The molecule has 1 aliphatic rings. The summed E-state index contributed by atoms with van der Waals surface area (Å²) in [4.78, 5) is 40.5. The van der Waals surface area contributed by atoms with Crippen LogP contribution in [0.25, 0.3) is 0 Å². The van der Waals surface area contributed by atoms with Crippen molar-refractivity contribution in [2.45, 2.75) is 25.8 Å². The Labute approximate surface area is 164 Å². The summed E-state index contributed by atoms with van der Waals surface area (Å²) in [6.45, 7) is 4.21. The third-order valence-electron chi connectivity index (χ3n) is 5.29. The van der Waals surface area contributed by atoms with Gasteiger partial charge in [-0.25, -0.2) is 4.79 Å². The number of carbonyl (C=O) groups is 1. The van der Waals surface area contributed by atoms with Gasteiger partial charge in [-0.3, -0.25) is 18.7 Å². The van der Waals surface area contributed by atoms with Crippen LogP contribution in [0.2, 0.25) is 0 Å². The SMILES string of the molecule is Cn1c(=O)ccn(CC(=O)N2CCCN(CCCc3ccccc3)CC2)c1=O. The van der Waals surface area contributed by atoms with Crippen molar-refractivity contribution in [2.24, 2.45) is 7.05 Å². The first-order valence-electron chi connectivity index (χ1n) is 9.85. The van der Waals surface area contributed by atoms with Gasteiger partial charge in [0.15, 0.2) is 0 Å². The first-order valence-corrected chi connectivity index (χ1v) is 9.85. The smallest absolute Gasteiger partial charge is 0.331 e. The van der Waals surface area contributed by atoms with E-state index < -0.39 is 5.69 Å². The lowest BCUT2D eigenvalue weighted by Crippen LogP contribution is -2.42. The zero-order valence-electron chi connectivity index (χ0n) is 16.4. The topological polar surface area (TPSA) is 67.6 Å². The lowest BCUT2D eigenvalue weighted by atomic mass is 10.1. The highest BCUT2D eigenvalue weighted by atomic mass is 16.2. The third-order valence-corrected chi connectivity index (χ3v) is 5.29. The molecule has 7 nitrogen and oxygen atoms in total. The quantitative estimate of drug-likeness (QED) is 0.736. The minimum Gasteiger partial charge on any atom is -0.340 e. The van der Waals surface area contributed by atoms with E-state index in [4.69, 9.17) is 0 Å². The third kappa shape index (κ3) is 5.19. The van der Waals surface area contributed by atoms with Gasteiger partial charge in [0, 0.05) is 38.9 Å². The number of amides is 1. The average molecular weight is 384 g/mol. The molecule has 1 aliphatic heterocycles. The summed E-state index contributed by atoms with van der Waals surface area (Å²) in [5, 5.41) is 0. The largest absolute Gasteiger partial charge is 0.340 e. The van der Waals surface area contributed by atoms with Gasteiger partial charge in [0.1, 0.15) is 6.54 Å². The minimum atomic E-state index is -0.460. The molecule has 0 atom stereocenters. The monoisotopic (exact) mass is 384 g/mol. The fourth-order valence-corrected chi connectivity index (χ4v) is 3.58. The Morgan fingerprint density at radius 1 is 1.00 bits per heavy atom. The summed E-state index contributed by atoms with van der Waals surface area (Å²) >= 11 is 0. The highest BCUT2D eigenvalue weighted by Crippen LogP contribution is 2.08. The number of hydrogen-bond donors (Lipinski definition) is 0. The normalized spacial score (nSPS) is 15.4. The molecule has 1 saturated heterocycles. The number of aryl methyl sites for hydroxylation is 1. The summed E-state index contributed by atoms with van der Waals surface area (Å²) in [7, 11) is 1.42. The van der Waals surface area contributed by atoms with E-state index in [1.54, 1.807) is 0 Å². The van der Waals surface area contributed by atoms with Crippen molar-refractivity contribution in [2.75, 3.05) is 32.7 Å². The maximum atomic E-state index is 12.6. The van der Waals surface area contributed by atoms with Crippen LogP contribution in [0.15, 0.2) is 52.2 Å². The molecule has 2 heterocycles. The molecule has 0 unspecified atom stereocenters. The van der Waals surface area contributed by atoms with Crippen molar-refractivity contribution < 1.29 is 4.79 Å². The molecule has 7 heteroatoms. The number of aromatic nitrogens is 2. The van der Waals surface area contributed by atoms with Crippen molar-refractivity contribution in [3.05, 3.63) is 69.0 Å². The van der Waals surface area contributed by atoms with Crippen molar-refractivity contribution in [3.8, 4) is 0 Å². The second-order valence-electron chi connectivity index (χ2n) is 7.29. The van der Waals surface area contributed by atoms with Crippen LogP contribution in [0, 0.1) is 0 Å². The second kappa shape index (κ2) is 9.50. The lowest BCUT2D eigenvalue weighted by Gasteiger charge is -2.22. The van der Waals surface area contributed by atoms with Gasteiger partial charge in [-0.15, -0.1) is 0 Å². The van der Waals surface area contributed by atoms with Crippen LogP contribution in [-0.4, -0.2) is 57.6 Å². The average Bonchev–Trinajstić information content (AvgIpc) is 2.95. The molecule has 1 aromatic heterocycles. The molecule has 1 aromatic carbocycles. The second-order valence-corrected chi connectivity index (χ2v) is 7.29. The first kappa shape index (κ1) is 20.1. The van der Waals surface area contributed by atoms with Gasteiger partial charge in [-0.1, -0.05) is 30.3 Å². The highest BCUT2D eigenvalue weighted by Gasteiger charge is 2.19. The molecule has 0 aliphatic carbocycles. The van der Waals surface area contributed by atoms with Crippen LogP contribution in [0.5, 0.6) is 0 Å². The molecule has 0 N–H and O–H groups in total. The summed E-state index contributed by atoms with van der Waals surface area (Å²) < 4.78 is 2.32. The number of nitrogens with zero attached hydrogens (tertiary/aromatic N) is 4. The van der Waals surface area contributed by atoms with Crippen LogP contribution >= 0.6 is 0 Å². The van der Waals surface area contributed by atoms with E-state index in [0.29, 0.717) is 13.1 Å². The lowest BCUT2D eigenvalue weighted by molar-refractivity contribution is -0.131. The zero-order valence-corrected chi connectivity index (χ0v) is 16.4. The Bertz CT molecular complexity index is 904. The maximum absolute atomic E-state index is 12.6. The van der Waals surface area contributed by atoms with Crippen LogP contribution in [0.4, 0.5) is 0 Å². The zero-order chi connectivity index (χ0) is 19.9. The Morgan fingerprint density at radius 2 is 1.79 bits per heavy atom. The van der Waals surface area contributed by atoms with Gasteiger partial charge in [0.2, 0.25) is 5.91 Å². The molecule has 0 saturated carbocycles. The molecule has 1 amide bonds. The molecule has 1 fully saturated rings. The van der Waals surface area contributed by atoms with E-state index in [0.717, 1.165) is 43.5 Å². The molecule has 2 aromatic rings. The van der Waals surface area contributed by atoms with E-state index in [9.17, 15) is 14.4 Å². The molecular formula is C21H28N4O3. The maximum Gasteiger partial charge on any atom is 0.331 e. The van der Waals surface area contributed by atoms with Gasteiger partial charge in [-0.2, -0.15) is 0 Å². The van der Waals surface area contributed by atoms with Crippen molar-refractivity contribution in [1.82, 2.24) is 18.9 Å². The summed E-state index contributed by atoms with van der Waals surface area (Å²) in [6.07, 6.45) is 4.50. The predicted molar refractivity (Wildman–Crippen MR) is 108 cm³/mol. The minimum absolute atomic E-state index is 0.0268. The Hall–Kier alpha value is -2.67. The standard InChI is InChI=1S/C21H28N4O3/c1-22-19(26)10-14-25(21(22)28)17-20(27)24-13-6-12-23(15-16-24)11-5-9-18-7-3-2-4-8-18/h2-4,7-8,10,14H,5-6,9,11-13,15-17H2,1H3. The van der Waals surface area contributed by atoms with E-state index >= 15 is 0 Å². The van der Waals surface area contributed by atoms with E-state index in [1.165, 1.54) is 29.4 Å². The van der Waals surface area contributed by atoms with Crippen molar-refractivity contribution in [1.29, 1.82) is 0 Å². The number of carbonyl (C=O) groups excluding carboxylic acids is 1. The van der Waals surface area contributed by atoms with Crippen molar-refractivity contribution in [3.63, 3.8) is 0 Å². The summed E-state index contributed by atoms with van der Waals surface area (Å²) in [5.74, 6) is -0.0770. The van der Waals surface area contributed by atoms with Crippen LogP contribution in [0.1, 0.15) is 18.4 Å². The Kier molecular flexibility index (Phi) is 6.81. The number of rotatable bonds is 6. The van der Waals surface area contributed by atoms with Gasteiger partial charge in [-0.05, 0) is 37.9 Å².